The Bertz CT molecular complexity index is 905. The van der Waals surface area contributed by atoms with Crippen LogP contribution in [0.25, 0.3) is 0 Å². The molecule has 158 valence electrons. The van der Waals surface area contributed by atoms with Crippen molar-refractivity contribution in [3.63, 3.8) is 0 Å². The van der Waals surface area contributed by atoms with Gasteiger partial charge in [0.05, 0.1) is 13.0 Å². The number of nitrogens with zero attached hydrogens (tertiary/aromatic N) is 2. The van der Waals surface area contributed by atoms with E-state index in [1.807, 2.05) is 54.3 Å². The van der Waals surface area contributed by atoms with E-state index < -0.39 is 0 Å². The zero-order valence-corrected chi connectivity index (χ0v) is 17.2. The van der Waals surface area contributed by atoms with E-state index in [9.17, 15) is 9.59 Å². The second-order valence-electron chi connectivity index (χ2n) is 7.78. The van der Waals surface area contributed by atoms with Crippen LogP contribution in [0.1, 0.15) is 16.7 Å². The van der Waals surface area contributed by atoms with Crippen LogP contribution in [0.5, 0.6) is 11.5 Å². The van der Waals surface area contributed by atoms with Crippen molar-refractivity contribution in [2.45, 2.75) is 19.9 Å². The molecule has 2 aromatic rings. The maximum absolute atomic E-state index is 12.5. The highest BCUT2D eigenvalue weighted by atomic mass is 16.7. The molecule has 30 heavy (non-hydrogen) atoms. The van der Waals surface area contributed by atoms with Gasteiger partial charge in [-0.2, -0.15) is 0 Å². The minimum atomic E-state index is -0.0212. The molecule has 2 heterocycles. The first-order valence-electron chi connectivity index (χ1n) is 10.3. The zero-order valence-electron chi connectivity index (χ0n) is 17.2. The summed E-state index contributed by atoms with van der Waals surface area (Å²) < 4.78 is 10.7. The van der Waals surface area contributed by atoms with Gasteiger partial charge in [-0.25, -0.2) is 0 Å². The number of ether oxygens (including phenoxy) is 2. The van der Waals surface area contributed by atoms with Gasteiger partial charge in [-0.15, -0.1) is 0 Å². The second kappa shape index (κ2) is 9.17. The van der Waals surface area contributed by atoms with Gasteiger partial charge in [0.25, 0.3) is 0 Å². The van der Waals surface area contributed by atoms with Gasteiger partial charge in [0.15, 0.2) is 11.5 Å². The van der Waals surface area contributed by atoms with Crippen LogP contribution in [0.2, 0.25) is 0 Å². The summed E-state index contributed by atoms with van der Waals surface area (Å²) in [6, 6.07) is 13.7. The fourth-order valence-electron chi connectivity index (χ4n) is 3.66. The predicted molar refractivity (Wildman–Crippen MR) is 112 cm³/mol. The number of aryl methyl sites for hydroxylation is 1. The normalized spacial score (nSPS) is 15.8. The third kappa shape index (κ3) is 5.10. The van der Waals surface area contributed by atoms with Crippen LogP contribution < -0.4 is 14.8 Å². The first-order valence-corrected chi connectivity index (χ1v) is 10.3. The van der Waals surface area contributed by atoms with Gasteiger partial charge in [0.1, 0.15) is 0 Å². The Balaban J connectivity index is 1.18. The van der Waals surface area contributed by atoms with E-state index in [4.69, 9.17) is 9.47 Å². The Hall–Kier alpha value is -3.06. The van der Waals surface area contributed by atoms with E-state index in [0.29, 0.717) is 51.4 Å². The van der Waals surface area contributed by atoms with Gasteiger partial charge in [-0.05, 0) is 30.2 Å². The molecule has 7 nitrogen and oxygen atoms in total. The SMILES string of the molecule is Cc1ccc(CC(=O)N2CCN(CC(=O)NCc3ccc4c(c3)OCO4)CC2)cc1. The molecule has 1 saturated heterocycles. The largest absolute Gasteiger partial charge is 0.454 e. The van der Waals surface area contributed by atoms with Crippen LogP contribution in [0.4, 0.5) is 0 Å². The van der Waals surface area contributed by atoms with Crippen molar-refractivity contribution in [2.24, 2.45) is 0 Å². The number of rotatable bonds is 6. The smallest absolute Gasteiger partial charge is 0.234 e. The Morgan fingerprint density at radius 2 is 1.63 bits per heavy atom. The van der Waals surface area contributed by atoms with Gasteiger partial charge in [0.2, 0.25) is 18.6 Å². The molecule has 2 aromatic carbocycles. The van der Waals surface area contributed by atoms with Crippen LogP contribution in [0.3, 0.4) is 0 Å². The Morgan fingerprint density at radius 3 is 2.40 bits per heavy atom. The van der Waals surface area contributed by atoms with Crippen LogP contribution in [0, 0.1) is 6.92 Å². The number of carbonyl (C=O) groups is 2. The lowest BCUT2D eigenvalue weighted by Gasteiger charge is -2.34. The van der Waals surface area contributed by atoms with Crippen LogP contribution in [-0.4, -0.2) is 61.1 Å². The van der Waals surface area contributed by atoms with Crippen molar-refractivity contribution in [2.75, 3.05) is 39.5 Å². The molecule has 0 unspecified atom stereocenters. The number of amides is 2. The van der Waals surface area contributed by atoms with E-state index in [0.717, 1.165) is 16.9 Å². The highest BCUT2D eigenvalue weighted by Gasteiger charge is 2.22. The topological polar surface area (TPSA) is 71.1 Å². The zero-order chi connectivity index (χ0) is 20.9. The third-order valence-electron chi connectivity index (χ3n) is 5.49. The van der Waals surface area contributed by atoms with Gasteiger partial charge in [-0.1, -0.05) is 35.9 Å². The molecule has 0 aromatic heterocycles. The summed E-state index contributed by atoms with van der Waals surface area (Å²) in [6.45, 7) is 5.78. The molecular formula is C23H27N3O4. The molecule has 0 saturated carbocycles. The lowest BCUT2D eigenvalue weighted by molar-refractivity contribution is -0.132. The molecule has 0 radical (unpaired) electrons. The van der Waals surface area contributed by atoms with E-state index in [-0.39, 0.29) is 18.6 Å². The fourth-order valence-corrected chi connectivity index (χ4v) is 3.66. The molecule has 7 heteroatoms. The maximum atomic E-state index is 12.5. The molecular weight excluding hydrogens is 382 g/mol. The van der Waals surface area contributed by atoms with E-state index in [1.54, 1.807) is 0 Å². The van der Waals surface area contributed by atoms with Gasteiger partial charge in [-0.3, -0.25) is 14.5 Å². The standard InChI is InChI=1S/C23H27N3O4/c1-17-2-4-18(5-3-17)13-23(28)26-10-8-25(9-11-26)15-22(27)24-14-19-6-7-20-21(12-19)30-16-29-20/h2-7,12H,8-11,13-16H2,1H3,(H,24,27). The average molecular weight is 409 g/mol. The Labute approximate surface area is 176 Å². The number of piperazine rings is 1. The number of benzene rings is 2. The van der Waals surface area contributed by atoms with Crippen molar-refractivity contribution in [3.8, 4) is 11.5 Å². The van der Waals surface area contributed by atoms with Crippen LogP contribution >= 0.6 is 0 Å². The van der Waals surface area contributed by atoms with Gasteiger partial charge in [0, 0.05) is 32.7 Å². The number of fused-ring (bicyclic) bond motifs is 1. The van der Waals surface area contributed by atoms with Crippen molar-refractivity contribution in [1.29, 1.82) is 0 Å². The number of nitrogens with one attached hydrogen (secondary N) is 1. The highest BCUT2D eigenvalue weighted by Crippen LogP contribution is 2.32. The van der Waals surface area contributed by atoms with Crippen LogP contribution in [-0.2, 0) is 22.6 Å². The molecule has 1 N–H and O–H groups in total. The quantitative estimate of drug-likeness (QED) is 0.787. The molecule has 4 rings (SSSR count). The minimum absolute atomic E-state index is 0.0212. The number of hydrogen-bond acceptors (Lipinski definition) is 5. The van der Waals surface area contributed by atoms with Crippen molar-refractivity contribution in [1.82, 2.24) is 15.1 Å². The molecule has 1 fully saturated rings. The predicted octanol–water partition coefficient (Wildman–Crippen LogP) is 1.73. The van der Waals surface area contributed by atoms with Crippen LogP contribution in [0.15, 0.2) is 42.5 Å². The second-order valence-corrected chi connectivity index (χ2v) is 7.78. The minimum Gasteiger partial charge on any atom is -0.454 e. The summed E-state index contributed by atoms with van der Waals surface area (Å²) in [7, 11) is 0. The van der Waals surface area contributed by atoms with Gasteiger partial charge >= 0.3 is 0 Å². The molecule has 2 aliphatic heterocycles. The summed E-state index contributed by atoms with van der Waals surface area (Å²) in [6.07, 6.45) is 0.427. The van der Waals surface area contributed by atoms with Crippen molar-refractivity contribution in [3.05, 3.63) is 59.2 Å². The monoisotopic (exact) mass is 409 g/mol. The average Bonchev–Trinajstić information content (AvgIpc) is 3.22. The first kappa shape index (κ1) is 20.2. The Kier molecular flexibility index (Phi) is 6.18. The van der Waals surface area contributed by atoms with E-state index >= 15 is 0 Å². The molecule has 0 aliphatic carbocycles. The highest BCUT2D eigenvalue weighted by molar-refractivity contribution is 5.79. The summed E-state index contributed by atoms with van der Waals surface area (Å²) >= 11 is 0. The molecule has 2 amide bonds. The molecule has 0 spiro atoms. The summed E-state index contributed by atoms with van der Waals surface area (Å²) in [4.78, 5) is 28.8. The number of hydrogen-bond donors (Lipinski definition) is 1. The summed E-state index contributed by atoms with van der Waals surface area (Å²) in [5.41, 5.74) is 3.20. The molecule has 0 atom stereocenters. The van der Waals surface area contributed by atoms with E-state index in [2.05, 4.69) is 10.2 Å². The van der Waals surface area contributed by atoms with E-state index in [1.165, 1.54) is 5.56 Å². The lowest BCUT2D eigenvalue weighted by atomic mass is 10.1. The number of carbonyl (C=O) groups excluding carboxylic acids is 2. The third-order valence-corrected chi connectivity index (χ3v) is 5.49. The first-order chi connectivity index (χ1) is 14.6. The fraction of sp³-hybridized carbons (Fsp3) is 0.391. The lowest BCUT2D eigenvalue weighted by Crippen LogP contribution is -2.51. The Morgan fingerprint density at radius 1 is 0.933 bits per heavy atom. The van der Waals surface area contributed by atoms with Crippen molar-refractivity contribution >= 4 is 11.8 Å². The summed E-state index contributed by atoms with van der Waals surface area (Å²) in [5, 5.41) is 2.95. The van der Waals surface area contributed by atoms with Gasteiger partial charge < -0.3 is 19.7 Å². The molecule has 2 aliphatic rings. The summed E-state index contributed by atoms with van der Waals surface area (Å²) in [5.74, 6) is 1.57. The maximum Gasteiger partial charge on any atom is 0.234 e. The van der Waals surface area contributed by atoms with Crippen molar-refractivity contribution < 1.29 is 19.1 Å². The molecule has 0 bridgehead atoms.